The van der Waals surface area contributed by atoms with Crippen molar-refractivity contribution < 1.29 is 5.11 Å². The second kappa shape index (κ2) is 8.02. The lowest BCUT2D eigenvalue weighted by molar-refractivity contribution is 0.142. The molecule has 0 bridgehead atoms. The summed E-state index contributed by atoms with van der Waals surface area (Å²) < 4.78 is 0. The fraction of sp³-hybridized carbons (Fsp3) is 0.647. The van der Waals surface area contributed by atoms with E-state index < -0.39 is 0 Å². The summed E-state index contributed by atoms with van der Waals surface area (Å²) in [5, 5.41) is 11.0. The monoisotopic (exact) mass is 295 g/mol. The molecule has 3 heteroatoms. The molecule has 0 aromatic heterocycles. The lowest BCUT2D eigenvalue weighted by Crippen LogP contribution is -2.27. The molecule has 1 aliphatic heterocycles. The highest BCUT2D eigenvalue weighted by atomic mass is 35.5. The van der Waals surface area contributed by atoms with Gasteiger partial charge in [-0.15, -0.1) is 0 Å². The van der Waals surface area contributed by atoms with E-state index in [1.54, 1.807) is 0 Å². The number of benzene rings is 1. The van der Waals surface area contributed by atoms with E-state index in [4.69, 9.17) is 11.6 Å². The largest absolute Gasteiger partial charge is 0.388 e. The molecular formula is C17H26ClNO. The van der Waals surface area contributed by atoms with Crippen molar-refractivity contribution in [1.82, 2.24) is 4.90 Å². The minimum absolute atomic E-state index is 0.377. The summed E-state index contributed by atoms with van der Waals surface area (Å²) in [4.78, 5) is 2.51. The number of halogens is 1. The average molecular weight is 296 g/mol. The molecule has 1 aliphatic rings. The number of hydrogen-bond acceptors (Lipinski definition) is 2. The van der Waals surface area contributed by atoms with Crippen LogP contribution < -0.4 is 0 Å². The molecule has 112 valence electrons. The summed E-state index contributed by atoms with van der Waals surface area (Å²) >= 11 is 5.87. The Labute approximate surface area is 127 Å². The lowest BCUT2D eigenvalue weighted by Gasteiger charge is -2.22. The summed E-state index contributed by atoms with van der Waals surface area (Å²) in [6.45, 7) is 5.65. The molecule has 1 aromatic rings. The normalized spacial score (nSPS) is 22.4. The van der Waals surface area contributed by atoms with Crippen LogP contribution in [0.25, 0.3) is 0 Å². The SMILES string of the molecule is CCC1CCCN(CCC(O)c2ccc(Cl)cc2)CC1. The van der Waals surface area contributed by atoms with E-state index >= 15 is 0 Å². The quantitative estimate of drug-likeness (QED) is 0.876. The summed E-state index contributed by atoms with van der Waals surface area (Å²) in [6, 6.07) is 7.53. The van der Waals surface area contributed by atoms with Crippen LogP contribution in [0.5, 0.6) is 0 Å². The van der Waals surface area contributed by atoms with Crippen LogP contribution in [0.1, 0.15) is 50.7 Å². The van der Waals surface area contributed by atoms with Crippen LogP contribution in [0, 0.1) is 5.92 Å². The number of rotatable bonds is 5. The molecule has 0 amide bonds. The molecule has 2 nitrogen and oxygen atoms in total. The number of nitrogens with zero attached hydrogens (tertiary/aromatic N) is 1. The van der Waals surface area contributed by atoms with E-state index in [0.29, 0.717) is 0 Å². The minimum Gasteiger partial charge on any atom is -0.388 e. The maximum absolute atomic E-state index is 10.2. The second-order valence-electron chi connectivity index (χ2n) is 5.90. The molecule has 2 atom stereocenters. The third kappa shape index (κ3) is 4.76. The zero-order chi connectivity index (χ0) is 14.4. The maximum Gasteiger partial charge on any atom is 0.0802 e. The zero-order valence-electron chi connectivity index (χ0n) is 12.4. The zero-order valence-corrected chi connectivity index (χ0v) is 13.1. The number of aliphatic hydroxyl groups excluding tert-OH is 1. The fourth-order valence-electron chi connectivity index (χ4n) is 3.01. The Morgan fingerprint density at radius 3 is 2.70 bits per heavy atom. The van der Waals surface area contributed by atoms with Crippen LogP contribution in [0.3, 0.4) is 0 Å². The van der Waals surface area contributed by atoms with Gasteiger partial charge >= 0.3 is 0 Å². The lowest BCUT2D eigenvalue weighted by atomic mass is 9.98. The van der Waals surface area contributed by atoms with Crippen LogP contribution in [0.2, 0.25) is 5.02 Å². The third-order valence-corrected chi connectivity index (χ3v) is 4.74. The summed E-state index contributed by atoms with van der Waals surface area (Å²) in [6.07, 6.45) is 5.72. The molecule has 1 aromatic carbocycles. The van der Waals surface area contributed by atoms with E-state index in [1.807, 2.05) is 24.3 Å². The van der Waals surface area contributed by atoms with Crippen molar-refractivity contribution in [2.75, 3.05) is 19.6 Å². The summed E-state index contributed by atoms with van der Waals surface area (Å²) in [5.74, 6) is 0.904. The first-order valence-electron chi connectivity index (χ1n) is 7.85. The van der Waals surface area contributed by atoms with E-state index in [9.17, 15) is 5.11 Å². The van der Waals surface area contributed by atoms with Crippen molar-refractivity contribution in [3.8, 4) is 0 Å². The van der Waals surface area contributed by atoms with Crippen LogP contribution in [-0.2, 0) is 0 Å². The van der Waals surface area contributed by atoms with Crippen LogP contribution in [0.4, 0.5) is 0 Å². The number of aliphatic hydroxyl groups is 1. The number of hydrogen-bond donors (Lipinski definition) is 1. The second-order valence-corrected chi connectivity index (χ2v) is 6.34. The van der Waals surface area contributed by atoms with Gasteiger partial charge in [0.25, 0.3) is 0 Å². The molecule has 1 fully saturated rings. The Morgan fingerprint density at radius 2 is 2.00 bits per heavy atom. The first-order valence-corrected chi connectivity index (χ1v) is 8.22. The molecule has 0 aliphatic carbocycles. The van der Waals surface area contributed by atoms with Crippen molar-refractivity contribution in [3.05, 3.63) is 34.9 Å². The van der Waals surface area contributed by atoms with Gasteiger partial charge in [0.1, 0.15) is 0 Å². The molecule has 20 heavy (non-hydrogen) atoms. The van der Waals surface area contributed by atoms with E-state index in [-0.39, 0.29) is 6.10 Å². The summed E-state index contributed by atoms with van der Waals surface area (Å²) in [7, 11) is 0. The Bertz CT molecular complexity index is 392. The Kier molecular flexibility index (Phi) is 6.34. The highest BCUT2D eigenvalue weighted by molar-refractivity contribution is 6.30. The van der Waals surface area contributed by atoms with Gasteiger partial charge in [-0.2, -0.15) is 0 Å². The predicted octanol–water partition coefficient (Wildman–Crippen LogP) is 4.28. The topological polar surface area (TPSA) is 23.5 Å². The van der Waals surface area contributed by atoms with Gasteiger partial charge in [0.05, 0.1) is 6.10 Å². The molecule has 0 spiro atoms. The smallest absolute Gasteiger partial charge is 0.0802 e. The average Bonchev–Trinajstić information content (AvgIpc) is 2.70. The van der Waals surface area contributed by atoms with Gasteiger partial charge in [0.15, 0.2) is 0 Å². The van der Waals surface area contributed by atoms with Gasteiger partial charge in [-0.05, 0) is 62.4 Å². The van der Waals surface area contributed by atoms with Crippen LogP contribution in [-0.4, -0.2) is 29.6 Å². The van der Waals surface area contributed by atoms with Crippen molar-refractivity contribution in [2.24, 2.45) is 5.92 Å². The van der Waals surface area contributed by atoms with Gasteiger partial charge in [-0.3, -0.25) is 0 Å². The molecule has 1 saturated heterocycles. The first kappa shape index (κ1) is 15.8. The third-order valence-electron chi connectivity index (χ3n) is 4.49. The first-order chi connectivity index (χ1) is 9.69. The molecule has 1 heterocycles. The number of likely N-dealkylation sites (tertiary alicyclic amines) is 1. The molecule has 2 rings (SSSR count). The van der Waals surface area contributed by atoms with Crippen LogP contribution >= 0.6 is 11.6 Å². The van der Waals surface area contributed by atoms with Gasteiger partial charge in [0, 0.05) is 11.6 Å². The predicted molar refractivity (Wildman–Crippen MR) is 85.1 cm³/mol. The highest BCUT2D eigenvalue weighted by Crippen LogP contribution is 2.23. The van der Waals surface area contributed by atoms with Crippen LogP contribution in [0.15, 0.2) is 24.3 Å². The van der Waals surface area contributed by atoms with Crippen molar-refractivity contribution in [3.63, 3.8) is 0 Å². The van der Waals surface area contributed by atoms with E-state index in [1.165, 1.54) is 38.8 Å². The Morgan fingerprint density at radius 1 is 1.25 bits per heavy atom. The standard InChI is InChI=1S/C17H26ClNO/c1-2-14-4-3-11-19(12-9-14)13-10-17(20)15-5-7-16(18)8-6-15/h5-8,14,17,20H,2-4,9-13H2,1H3. The van der Waals surface area contributed by atoms with Crippen molar-refractivity contribution in [2.45, 2.75) is 45.1 Å². The van der Waals surface area contributed by atoms with E-state index in [2.05, 4.69) is 11.8 Å². The van der Waals surface area contributed by atoms with Gasteiger partial charge in [0.2, 0.25) is 0 Å². The van der Waals surface area contributed by atoms with E-state index in [0.717, 1.165) is 29.5 Å². The minimum atomic E-state index is -0.377. The van der Waals surface area contributed by atoms with Gasteiger partial charge in [-0.1, -0.05) is 37.1 Å². The van der Waals surface area contributed by atoms with Crippen molar-refractivity contribution >= 4 is 11.6 Å². The maximum atomic E-state index is 10.2. The molecule has 1 N–H and O–H groups in total. The molecular weight excluding hydrogens is 270 g/mol. The Hall–Kier alpha value is -0.570. The fourth-order valence-corrected chi connectivity index (χ4v) is 3.14. The molecule has 2 unspecified atom stereocenters. The summed E-state index contributed by atoms with van der Waals surface area (Å²) in [5.41, 5.74) is 0.968. The van der Waals surface area contributed by atoms with Crippen molar-refractivity contribution in [1.29, 1.82) is 0 Å². The van der Waals surface area contributed by atoms with Gasteiger partial charge < -0.3 is 10.0 Å². The Balaban J connectivity index is 1.78. The molecule has 0 radical (unpaired) electrons. The highest BCUT2D eigenvalue weighted by Gasteiger charge is 2.16. The molecule has 0 saturated carbocycles. The van der Waals surface area contributed by atoms with Gasteiger partial charge in [-0.25, -0.2) is 0 Å².